The number of nitrogen functional groups attached to an aromatic ring is 1. The van der Waals surface area contributed by atoms with Gasteiger partial charge in [0.05, 0.1) is 23.6 Å². The maximum absolute atomic E-state index is 12.6. The highest BCUT2D eigenvalue weighted by molar-refractivity contribution is 5.76. The van der Waals surface area contributed by atoms with E-state index in [2.05, 4.69) is 44.0 Å². The second kappa shape index (κ2) is 10.4. The van der Waals surface area contributed by atoms with E-state index in [0.29, 0.717) is 36.3 Å². The summed E-state index contributed by atoms with van der Waals surface area (Å²) < 4.78 is 12.5. The fraction of sp³-hybridized carbons (Fsp3) is 0.400. The number of amides is 1. The van der Waals surface area contributed by atoms with Crippen molar-refractivity contribution in [3.05, 3.63) is 42.6 Å². The van der Waals surface area contributed by atoms with E-state index in [1.807, 2.05) is 6.07 Å². The summed E-state index contributed by atoms with van der Waals surface area (Å²) in [5, 5.41) is 8.51. The average Bonchev–Trinajstić information content (AvgIpc) is 3.65. The van der Waals surface area contributed by atoms with Crippen molar-refractivity contribution in [3.63, 3.8) is 0 Å². The van der Waals surface area contributed by atoms with Crippen LogP contribution in [-0.2, 0) is 22.5 Å². The Labute approximate surface area is 213 Å². The van der Waals surface area contributed by atoms with Crippen molar-refractivity contribution in [2.75, 3.05) is 25.9 Å². The number of likely N-dealkylation sites (tertiary alicyclic amines) is 1. The number of aromatic nitrogens is 7. The van der Waals surface area contributed by atoms with Crippen LogP contribution >= 0.6 is 0 Å². The number of hydrogen-bond donors (Lipinski definition) is 1. The average molecular weight is 504 g/mol. The lowest BCUT2D eigenvalue weighted by Gasteiger charge is -2.15. The molecule has 5 heterocycles. The zero-order valence-corrected chi connectivity index (χ0v) is 21.0. The summed E-state index contributed by atoms with van der Waals surface area (Å²) in [5.74, 6) is 1.36. The van der Waals surface area contributed by atoms with Gasteiger partial charge in [-0.1, -0.05) is 19.0 Å². The van der Waals surface area contributed by atoms with E-state index in [-0.39, 0.29) is 24.5 Å². The van der Waals surface area contributed by atoms with Gasteiger partial charge < -0.3 is 19.9 Å². The molecule has 0 saturated carbocycles. The lowest BCUT2D eigenvalue weighted by molar-refractivity contribution is -0.131. The van der Waals surface area contributed by atoms with Gasteiger partial charge in [-0.2, -0.15) is 10.1 Å². The number of carbonyl (C=O) groups is 1. The van der Waals surface area contributed by atoms with Crippen LogP contribution in [0, 0.1) is 5.92 Å². The highest BCUT2D eigenvalue weighted by Crippen LogP contribution is 2.29. The van der Waals surface area contributed by atoms with Crippen molar-refractivity contribution in [1.29, 1.82) is 0 Å². The number of carbonyl (C=O) groups excluding carboxylic acids is 1. The molecule has 0 radical (unpaired) electrons. The smallest absolute Gasteiger partial charge is 0.261 e. The Morgan fingerprint density at radius 2 is 2.00 bits per heavy atom. The Kier molecular flexibility index (Phi) is 6.91. The van der Waals surface area contributed by atoms with E-state index in [1.54, 1.807) is 47.7 Å². The molecule has 0 aromatic carbocycles. The van der Waals surface area contributed by atoms with Gasteiger partial charge >= 0.3 is 0 Å². The third-order valence-electron chi connectivity index (χ3n) is 6.26. The quantitative estimate of drug-likeness (QED) is 0.380. The van der Waals surface area contributed by atoms with Crippen LogP contribution < -0.4 is 5.73 Å². The topological polar surface area (TPSA) is 151 Å². The van der Waals surface area contributed by atoms with Crippen molar-refractivity contribution in [2.24, 2.45) is 5.92 Å². The Morgan fingerprint density at radius 3 is 2.73 bits per heavy atom. The molecule has 192 valence electrons. The highest BCUT2D eigenvalue weighted by atomic mass is 16.5. The molecule has 1 amide bonds. The first-order valence-electron chi connectivity index (χ1n) is 12.1. The molecule has 1 atom stereocenters. The summed E-state index contributed by atoms with van der Waals surface area (Å²) in [6.45, 7) is 5.72. The molecule has 1 aliphatic heterocycles. The van der Waals surface area contributed by atoms with Gasteiger partial charge in [-0.05, 0) is 30.4 Å². The number of anilines is 1. The Hall–Kier alpha value is -4.19. The highest BCUT2D eigenvalue weighted by Gasteiger charge is 2.26. The van der Waals surface area contributed by atoms with E-state index in [1.165, 1.54) is 0 Å². The molecule has 1 saturated heterocycles. The maximum Gasteiger partial charge on any atom is 0.261 e. The Bertz CT molecular complexity index is 1380. The molecule has 1 aliphatic rings. The number of rotatable bonds is 8. The van der Waals surface area contributed by atoms with Crippen LogP contribution in [0.5, 0.6) is 0 Å². The van der Waals surface area contributed by atoms with Crippen molar-refractivity contribution >= 4 is 11.9 Å². The Morgan fingerprint density at radius 1 is 1.19 bits per heavy atom. The number of nitrogens with zero attached hydrogens (tertiary/aromatic N) is 8. The zero-order chi connectivity index (χ0) is 25.9. The Balaban J connectivity index is 1.35. The molecule has 0 aliphatic carbocycles. The van der Waals surface area contributed by atoms with Gasteiger partial charge in [0.15, 0.2) is 0 Å². The standard InChI is InChI=1S/C25H29N9O3/c1-15(2)6-16-7-21(17-8-28-25(26)29-9-17)27-11-20(16)23-31-24(37-32-23)18-10-30-34(12-18)14-22(35)33-5-4-19(13-33)36-3/h7-12,15,19H,4-6,13-14H2,1-3H3,(H2,26,28,29). The van der Waals surface area contributed by atoms with Crippen LogP contribution in [-0.4, -0.2) is 72.0 Å². The van der Waals surface area contributed by atoms with Gasteiger partial charge in [0.1, 0.15) is 6.54 Å². The summed E-state index contributed by atoms with van der Waals surface area (Å²) in [6, 6.07) is 2.00. The van der Waals surface area contributed by atoms with E-state index in [0.717, 1.165) is 35.2 Å². The molecular weight excluding hydrogens is 474 g/mol. The third-order valence-corrected chi connectivity index (χ3v) is 6.26. The molecule has 12 heteroatoms. The summed E-state index contributed by atoms with van der Waals surface area (Å²) in [6.07, 6.45) is 10.1. The molecule has 0 bridgehead atoms. The van der Waals surface area contributed by atoms with E-state index in [9.17, 15) is 4.79 Å². The predicted molar refractivity (Wildman–Crippen MR) is 135 cm³/mol. The SMILES string of the molecule is COC1CCN(C(=O)Cn2cc(-c3nc(-c4cnc(-c5cnc(N)nc5)cc4CC(C)C)no3)cn2)C1. The maximum atomic E-state index is 12.6. The molecule has 4 aromatic heterocycles. The zero-order valence-electron chi connectivity index (χ0n) is 21.0. The number of nitrogens with two attached hydrogens (primary N) is 1. The third kappa shape index (κ3) is 5.48. The van der Waals surface area contributed by atoms with Crippen LogP contribution in [0.3, 0.4) is 0 Å². The molecule has 12 nitrogen and oxygen atoms in total. The second-order valence-electron chi connectivity index (χ2n) is 9.49. The normalized spacial score (nSPS) is 15.6. The number of pyridine rings is 1. The van der Waals surface area contributed by atoms with Gasteiger partial charge in [-0.15, -0.1) is 0 Å². The van der Waals surface area contributed by atoms with Gasteiger partial charge in [0, 0.05) is 56.1 Å². The minimum Gasteiger partial charge on any atom is -0.380 e. The van der Waals surface area contributed by atoms with Crippen molar-refractivity contribution in [1.82, 2.24) is 39.8 Å². The molecule has 5 rings (SSSR count). The number of hydrogen-bond acceptors (Lipinski definition) is 10. The summed E-state index contributed by atoms with van der Waals surface area (Å²) in [7, 11) is 1.67. The molecule has 4 aromatic rings. The summed E-state index contributed by atoms with van der Waals surface area (Å²) >= 11 is 0. The second-order valence-corrected chi connectivity index (χ2v) is 9.49. The molecule has 37 heavy (non-hydrogen) atoms. The minimum atomic E-state index is -0.00332. The van der Waals surface area contributed by atoms with Crippen LogP contribution in [0.4, 0.5) is 5.95 Å². The van der Waals surface area contributed by atoms with Gasteiger partial charge in [0.25, 0.3) is 5.89 Å². The molecule has 1 fully saturated rings. The lowest BCUT2D eigenvalue weighted by Crippen LogP contribution is -2.32. The van der Waals surface area contributed by atoms with E-state index >= 15 is 0 Å². The fourth-order valence-electron chi connectivity index (χ4n) is 4.33. The van der Waals surface area contributed by atoms with Gasteiger partial charge in [-0.3, -0.25) is 14.5 Å². The van der Waals surface area contributed by atoms with Crippen LogP contribution in [0.15, 0.2) is 41.6 Å². The van der Waals surface area contributed by atoms with Gasteiger partial charge in [-0.25, -0.2) is 9.97 Å². The largest absolute Gasteiger partial charge is 0.380 e. The summed E-state index contributed by atoms with van der Waals surface area (Å²) in [4.78, 5) is 31.7. The monoisotopic (exact) mass is 503 g/mol. The summed E-state index contributed by atoms with van der Waals surface area (Å²) in [5.41, 5.74) is 9.58. The first-order valence-corrected chi connectivity index (χ1v) is 12.1. The van der Waals surface area contributed by atoms with Crippen LogP contribution in [0.25, 0.3) is 34.1 Å². The first kappa shape index (κ1) is 24.5. The molecule has 1 unspecified atom stereocenters. The van der Waals surface area contributed by atoms with Crippen molar-refractivity contribution in [2.45, 2.75) is 39.3 Å². The molecule has 0 spiro atoms. The minimum absolute atomic E-state index is 0.00332. The van der Waals surface area contributed by atoms with Crippen LogP contribution in [0.2, 0.25) is 0 Å². The van der Waals surface area contributed by atoms with Crippen molar-refractivity contribution in [3.8, 4) is 34.1 Å². The number of ether oxygens (including phenoxy) is 1. The van der Waals surface area contributed by atoms with Crippen LogP contribution in [0.1, 0.15) is 25.8 Å². The molecular formula is C25H29N9O3. The van der Waals surface area contributed by atoms with E-state index in [4.69, 9.17) is 15.0 Å². The number of methoxy groups -OCH3 is 1. The van der Waals surface area contributed by atoms with Crippen molar-refractivity contribution < 1.29 is 14.1 Å². The fourth-order valence-corrected chi connectivity index (χ4v) is 4.33. The first-order chi connectivity index (χ1) is 17.9. The molecule has 2 N–H and O–H groups in total. The van der Waals surface area contributed by atoms with Gasteiger partial charge in [0.2, 0.25) is 17.7 Å². The lowest BCUT2D eigenvalue weighted by atomic mass is 9.97. The predicted octanol–water partition coefficient (Wildman–Crippen LogP) is 2.48. The van der Waals surface area contributed by atoms with E-state index < -0.39 is 0 Å².